The minimum atomic E-state index is -1.74. The molecule has 0 radical (unpaired) electrons. The Morgan fingerprint density at radius 1 is 1.21 bits per heavy atom. The maximum absolute atomic E-state index is 11.6. The summed E-state index contributed by atoms with van der Waals surface area (Å²) < 4.78 is 5.41. The molecule has 0 atom stereocenters. The van der Waals surface area contributed by atoms with Gasteiger partial charge in [0, 0.05) is 5.57 Å². The van der Waals surface area contributed by atoms with Gasteiger partial charge in [-0.05, 0) is 39.9 Å². The summed E-state index contributed by atoms with van der Waals surface area (Å²) in [6, 6.07) is 0. The summed E-state index contributed by atoms with van der Waals surface area (Å²) in [4.78, 5) is 11.6. The second-order valence-electron chi connectivity index (χ2n) is 4.66. The molecule has 0 heterocycles. The van der Waals surface area contributed by atoms with Gasteiger partial charge in [-0.2, -0.15) is 0 Å². The summed E-state index contributed by atoms with van der Waals surface area (Å²) >= 11 is 0. The Morgan fingerprint density at radius 2 is 1.71 bits per heavy atom. The third-order valence-electron chi connectivity index (χ3n) is 1.97. The van der Waals surface area contributed by atoms with Crippen LogP contribution < -0.4 is 0 Å². The summed E-state index contributed by atoms with van der Waals surface area (Å²) in [5, 5.41) is 0. The molecule has 0 rings (SSSR count). The van der Waals surface area contributed by atoms with E-state index in [1.807, 2.05) is 33.5 Å². The Balaban J connectivity index is 4.46. The van der Waals surface area contributed by atoms with E-state index in [0.29, 0.717) is 0 Å². The molecular formula is C11H22O2Si. The van der Waals surface area contributed by atoms with Gasteiger partial charge in [0.25, 0.3) is 0 Å². The summed E-state index contributed by atoms with van der Waals surface area (Å²) in [7, 11) is -1.74. The molecule has 0 bridgehead atoms. The van der Waals surface area contributed by atoms with Crippen molar-refractivity contribution >= 4 is 14.3 Å². The van der Waals surface area contributed by atoms with Gasteiger partial charge < -0.3 is 4.43 Å². The maximum atomic E-state index is 11.6. The smallest absolute Gasteiger partial charge is 0.320 e. The first kappa shape index (κ1) is 13.4. The Kier molecular flexibility index (Phi) is 5.12. The third kappa shape index (κ3) is 5.22. The zero-order chi connectivity index (χ0) is 11.4. The molecule has 0 aromatic heterocycles. The van der Waals surface area contributed by atoms with Crippen LogP contribution in [0, 0.1) is 0 Å². The van der Waals surface area contributed by atoms with E-state index in [4.69, 9.17) is 4.43 Å². The highest BCUT2D eigenvalue weighted by Crippen LogP contribution is 2.14. The molecule has 0 aliphatic rings. The molecule has 14 heavy (non-hydrogen) atoms. The van der Waals surface area contributed by atoms with Crippen molar-refractivity contribution in [3.05, 3.63) is 11.1 Å². The highest BCUT2D eigenvalue weighted by molar-refractivity contribution is 6.71. The maximum Gasteiger partial charge on any atom is 0.320 e. The van der Waals surface area contributed by atoms with Crippen LogP contribution in [0.15, 0.2) is 11.1 Å². The predicted molar refractivity (Wildman–Crippen MR) is 62.7 cm³/mol. The summed E-state index contributed by atoms with van der Waals surface area (Å²) in [5.74, 6) is -0.130. The second-order valence-corrected chi connectivity index (χ2v) is 9.09. The van der Waals surface area contributed by atoms with Gasteiger partial charge in [0.2, 0.25) is 8.32 Å². The molecule has 0 aliphatic heterocycles. The number of carbonyl (C=O) groups excluding carboxylic acids is 1. The van der Waals surface area contributed by atoms with Crippen LogP contribution in [0.25, 0.3) is 0 Å². The molecule has 2 nitrogen and oxygen atoms in total. The fourth-order valence-electron chi connectivity index (χ4n) is 1.09. The minimum absolute atomic E-state index is 0.130. The molecule has 0 aliphatic carbocycles. The second kappa shape index (κ2) is 5.34. The molecule has 0 aromatic carbocycles. The van der Waals surface area contributed by atoms with Crippen LogP contribution >= 0.6 is 0 Å². The number of carbonyl (C=O) groups is 1. The largest absolute Gasteiger partial charge is 0.517 e. The van der Waals surface area contributed by atoms with E-state index in [1.165, 1.54) is 0 Å². The van der Waals surface area contributed by atoms with Crippen molar-refractivity contribution < 1.29 is 9.22 Å². The molecule has 0 N–H and O–H groups in total. The van der Waals surface area contributed by atoms with E-state index in [9.17, 15) is 4.79 Å². The van der Waals surface area contributed by atoms with E-state index in [-0.39, 0.29) is 5.97 Å². The quantitative estimate of drug-likeness (QED) is 0.529. The Bertz CT molecular complexity index is 236. The molecule has 3 heteroatoms. The fourth-order valence-corrected chi connectivity index (χ4v) is 1.80. The Hall–Kier alpha value is -0.573. The first-order valence-electron chi connectivity index (χ1n) is 5.17. The number of allylic oxidation sites excluding steroid dienone is 1. The molecule has 0 saturated heterocycles. The molecule has 0 spiro atoms. The normalized spacial score (nSPS) is 13.6. The summed E-state index contributed by atoms with van der Waals surface area (Å²) in [6.45, 7) is 12.0. The van der Waals surface area contributed by atoms with E-state index in [0.717, 1.165) is 24.0 Å². The molecule has 0 unspecified atom stereocenters. The standard InChI is InChI=1S/C11H22O2Si/c1-7-8-9(2)10(3)11(12)13-14(4,5)6/h7-8H2,1-6H3/b10-9+. The van der Waals surface area contributed by atoms with Gasteiger partial charge in [0.1, 0.15) is 0 Å². The van der Waals surface area contributed by atoms with Crippen molar-refractivity contribution in [2.24, 2.45) is 0 Å². The van der Waals surface area contributed by atoms with Crippen LogP contribution in [-0.4, -0.2) is 14.3 Å². The molecule has 0 fully saturated rings. The molecule has 82 valence electrons. The first-order chi connectivity index (χ1) is 6.28. The van der Waals surface area contributed by atoms with Gasteiger partial charge in [-0.3, -0.25) is 0 Å². The van der Waals surface area contributed by atoms with Gasteiger partial charge >= 0.3 is 5.97 Å². The zero-order valence-electron chi connectivity index (χ0n) is 10.2. The number of hydrogen-bond donors (Lipinski definition) is 0. The lowest BCUT2D eigenvalue weighted by Crippen LogP contribution is -2.29. The average Bonchev–Trinajstić information content (AvgIpc) is 2.00. The lowest BCUT2D eigenvalue weighted by molar-refractivity contribution is -0.130. The lowest BCUT2D eigenvalue weighted by atomic mass is 10.1. The van der Waals surface area contributed by atoms with E-state index >= 15 is 0 Å². The number of hydrogen-bond acceptors (Lipinski definition) is 2. The van der Waals surface area contributed by atoms with Gasteiger partial charge in [-0.15, -0.1) is 0 Å². The molecule has 0 saturated carbocycles. The van der Waals surface area contributed by atoms with Crippen molar-refractivity contribution in [2.75, 3.05) is 0 Å². The van der Waals surface area contributed by atoms with Crippen molar-refractivity contribution in [3.63, 3.8) is 0 Å². The van der Waals surface area contributed by atoms with Crippen LogP contribution in [0.2, 0.25) is 19.6 Å². The van der Waals surface area contributed by atoms with Crippen LogP contribution in [0.4, 0.5) is 0 Å². The SMILES string of the molecule is CCC/C(C)=C(\C)C(=O)O[Si](C)(C)C. The van der Waals surface area contributed by atoms with Crippen molar-refractivity contribution in [1.29, 1.82) is 0 Å². The van der Waals surface area contributed by atoms with Crippen LogP contribution in [-0.2, 0) is 9.22 Å². The van der Waals surface area contributed by atoms with E-state index in [2.05, 4.69) is 6.92 Å². The third-order valence-corrected chi connectivity index (χ3v) is 2.77. The molecule has 0 amide bonds. The molecule has 0 aromatic rings. The predicted octanol–water partition coefficient (Wildman–Crippen LogP) is 3.50. The van der Waals surface area contributed by atoms with Crippen molar-refractivity contribution in [1.82, 2.24) is 0 Å². The zero-order valence-corrected chi connectivity index (χ0v) is 11.2. The summed E-state index contributed by atoms with van der Waals surface area (Å²) in [6.07, 6.45) is 2.05. The van der Waals surface area contributed by atoms with Gasteiger partial charge in [-0.25, -0.2) is 4.79 Å². The van der Waals surface area contributed by atoms with Gasteiger partial charge in [0.15, 0.2) is 0 Å². The van der Waals surface area contributed by atoms with Crippen molar-refractivity contribution in [2.45, 2.75) is 53.3 Å². The average molecular weight is 214 g/mol. The highest BCUT2D eigenvalue weighted by Gasteiger charge is 2.21. The summed E-state index contributed by atoms with van der Waals surface area (Å²) in [5.41, 5.74) is 1.94. The fraction of sp³-hybridized carbons (Fsp3) is 0.727. The number of rotatable bonds is 4. The van der Waals surface area contributed by atoms with Gasteiger partial charge in [-0.1, -0.05) is 18.9 Å². The van der Waals surface area contributed by atoms with E-state index < -0.39 is 8.32 Å². The van der Waals surface area contributed by atoms with Crippen LogP contribution in [0.1, 0.15) is 33.6 Å². The molecular weight excluding hydrogens is 192 g/mol. The van der Waals surface area contributed by atoms with E-state index in [1.54, 1.807) is 0 Å². The lowest BCUT2D eigenvalue weighted by Gasteiger charge is -2.18. The Morgan fingerprint density at radius 3 is 2.07 bits per heavy atom. The van der Waals surface area contributed by atoms with Crippen molar-refractivity contribution in [3.8, 4) is 0 Å². The first-order valence-corrected chi connectivity index (χ1v) is 8.58. The highest BCUT2D eigenvalue weighted by atomic mass is 28.4. The van der Waals surface area contributed by atoms with Crippen LogP contribution in [0.5, 0.6) is 0 Å². The van der Waals surface area contributed by atoms with Crippen LogP contribution in [0.3, 0.4) is 0 Å². The minimum Gasteiger partial charge on any atom is -0.517 e. The Labute approximate surface area is 88.5 Å². The monoisotopic (exact) mass is 214 g/mol. The topological polar surface area (TPSA) is 26.3 Å². The van der Waals surface area contributed by atoms with Gasteiger partial charge in [0.05, 0.1) is 0 Å².